The smallest absolute Gasteiger partial charge is 0.251 e. The Kier molecular flexibility index (Phi) is 4.57. The number of ether oxygens (including phenoxy) is 1. The first-order valence-electron chi connectivity index (χ1n) is 9.58. The van der Waals surface area contributed by atoms with E-state index in [0.29, 0.717) is 23.6 Å². The van der Waals surface area contributed by atoms with E-state index < -0.39 is 0 Å². The van der Waals surface area contributed by atoms with Gasteiger partial charge in [-0.15, -0.1) is 0 Å². The maximum atomic E-state index is 12.7. The van der Waals surface area contributed by atoms with Crippen molar-refractivity contribution < 1.29 is 9.53 Å². The van der Waals surface area contributed by atoms with E-state index in [1.165, 1.54) is 0 Å². The molecule has 5 aromatic rings. The number of nitrogens with one attached hydrogen (secondary N) is 1. The van der Waals surface area contributed by atoms with Gasteiger partial charge in [0.15, 0.2) is 0 Å². The first kappa shape index (κ1) is 17.9. The van der Waals surface area contributed by atoms with E-state index in [1.54, 1.807) is 24.5 Å². The van der Waals surface area contributed by atoms with Crippen LogP contribution >= 0.6 is 0 Å². The standard InChI is InChI=1S/C24H18N4O2/c29-24(27-16-17-9-12-28-13-11-26-23(28)14-17)18-4-3-5-19(15-18)30-22-8-10-25-21-7-2-1-6-20(21)22/h1-15H,16H2,(H,27,29). The predicted molar refractivity (Wildman–Crippen MR) is 115 cm³/mol. The van der Waals surface area contributed by atoms with E-state index in [0.717, 1.165) is 22.1 Å². The molecule has 1 amide bonds. The number of benzene rings is 2. The molecule has 1 N–H and O–H groups in total. The average Bonchev–Trinajstić information content (AvgIpc) is 3.26. The first-order chi connectivity index (χ1) is 14.8. The number of carbonyl (C=O) groups is 1. The van der Waals surface area contributed by atoms with Crippen molar-refractivity contribution in [2.45, 2.75) is 6.54 Å². The highest BCUT2D eigenvalue weighted by molar-refractivity contribution is 5.94. The fourth-order valence-electron chi connectivity index (χ4n) is 3.33. The van der Waals surface area contributed by atoms with Gasteiger partial charge in [0.2, 0.25) is 0 Å². The Balaban J connectivity index is 1.31. The summed E-state index contributed by atoms with van der Waals surface area (Å²) in [6.07, 6.45) is 7.27. The molecule has 0 spiro atoms. The monoisotopic (exact) mass is 394 g/mol. The van der Waals surface area contributed by atoms with Gasteiger partial charge in [0.25, 0.3) is 5.91 Å². The molecule has 0 fully saturated rings. The Hall–Kier alpha value is -4.19. The second kappa shape index (κ2) is 7.67. The van der Waals surface area contributed by atoms with Crippen LogP contribution in [0.4, 0.5) is 0 Å². The van der Waals surface area contributed by atoms with Gasteiger partial charge >= 0.3 is 0 Å². The fraction of sp³-hybridized carbons (Fsp3) is 0.0417. The molecular formula is C24H18N4O2. The number of para-hydroxylation sites is 1. The lowest BCUT2D eigenvalue weighted by Crippen LogP contribution is -2.22. The van der Waals surface area contributed by atoms with Gasteiger partial charge in [0.05, 0.1) is 5.52 Å². The number of amides is 1. The second-order valence-corrected chi connectivity index (χ2v) is 6.87. The highest BCUT2D eigenvalue weighted by atomic mass is 16.5. The molecule has 146 valence electrons. The van der Waals surface area contributed by atoms with Crippen LogP contribution in [0.3, 0.4) is 0 Å². The molecule has 2 aromatic carbocycles. The zero-order valence-corrected chi connectivity index (χ0v) is 16.0. The normalized spacial score (nSPS) is 10.9. The van der Waals surface area contributed by atoms with Crippen LogP contribution in [0.25, 0.3) is 16.6 Å². The molecule has 0 saturated carbocycles. The molecule has 0 aliphatic rings. The number of rotatable bonds is 5. The van der Waals surface area contributed by atoms with E-state index in [1.807, 2.05) is 71.4 Å². The van der Waals surface area contributed by atoms with Crippen LogP contribution < -0.4 is 10.1 Å². The summed E-state index contributed by atoms with van der Waals surface area (Å²) >= 11 is 0. The SMILES string of the molecule is O=C(NCc1ccn2ccnc2c1)c1cccc(Oc2ccnc3ccccc23)c1. The van der Waals surface area contributed by atoms with Crippen molar-refractivity contribution >= 4 is 22.5 Å². The fourth-order valence-corrected chi connectivity index (χ4v) is 3.33. The molecule has 6 nitrogen and oxygen atoms in total. The number of hydrogen-bond acceptors (Lipinski definition) is 4. The zero-order valence-electron chi connectivity index (χ0n) is 16.0. The minimum Gasteiger partial charge on any atom is -0.457 e. The highest BCUT2D eigenvalue weighted by Crippen LogP contribution is 2.28. The van der Waals surface area contributed by atoms with Crippen LogP contribution in [-0.4, -0.2) is 20.3 Å². The zero-order chi connectivity index (χ0) is 20.3. The van der Waals surface area contributed by atoms with Crippen molar-refractivity contribution in [2.24, 2.45) is 0 Å². The third kappa shape index (κ3) is 3.58. The van der Waals surface area contributed by atoms with Gasteiger partial charge < -0.3 is 14.5 Å². The van der Waals surface area contributed by atoms with Crippen LogP contribution in [0.2, 0.25) is 0 Å². The predicted octanol–water partition coefficient (Wildman–Crippen LogP) is 4.60. The molecule has 3 heterocycles. The summed E-state index contributed by atoms with van der Waals surface area (Å²) in [5.74, 6) is 1.13. The second-order valence-electron chi connectivity index (χ2n) is 6.87. The lowest BCUT2D eigenvalue weighted by molar-refractivity contribution is 0.0950. The number of aromatic nitrogens is 3. The summed E-state index contributed by atoms with van der Waals surface area (Å²) < 4.78 is 7.98. The number of pyridine rings is 2. The summed E-state index contributed by atoms with van der Waals surface area (Å²) in [6.45, 7) is 0.419. The summed E-state index contributed by atoms with van der Waals surface area (Å²) in [6, 6.07) is 20.7. The molecule has 6 heteroatoms. The van der Waals surface area contributed by atoms with E-state index in [2.05, 4.69) is 15.3 Å². The summed E-state index contributed by atoms with van der Waals surface area (Å²) in [5.41, 5.74) is 3.23. The molecule has 0 unspecified atom stereocenters. The van der Waals surface area contributed by atoms with Crippen molar-refractivity contribution in [2.75, 3.05) is 0 Å². The Morgan fingerprint density at radius 2 is 1.87 bits per heavy atom. The largest absolute Gasteiger partial charge is 0.457 e. The van der Waals surface area contributed by atoms with Gasteiger partial charge in [0, 0.05) is 42.3 Å². The molecule has 0 radical (unpaired) electrons. The van der Waals surface area contributed by atoms with Gasteiger partial charge in [-0.1, -0.05) is 18.2 Å². The van der Waals surface area contributed by atoms with Crippen molar-refractivity contribution in [3.63, 3.8) is 0 Å². The molecular weight excluding hydrogens is 376 g/mol. The quantitative estimate of drug-likeness (QED) is 0.473. The van der Waals surface area contributed by atoms with E-state index >= 15 is 0 Å². The maximum Gasteiger partial charge on any atom is 0.251 e. The number of nitrogens with zero attached hydrogens (tertiary/aromatic N) is 3. The topological polar surface area (TPSA) is 68.5 Å². The summed E-state index contributed by atoms with van der Waals surface area (Å²) in [7, 11) is 0. The van der Waals surface area contributed by atoms with E-state index in [9.17, 15) is 4.79 Å². The Bertz CT molecular complexity index is 1350. The molecule has 30 heavy (non-hydrogen) atoms. The van der Waals surface area contributed by atoms with E-state index in [4.69, 9.17) is 4.74 Å². The lowest BCUT2D eigenvalue weighted by Gasteiger charge is -2.10. The molecule has 5 rings (SSSR count). The minimum atomic E-state index is -0.164. The Morgan fingerprint density at radius 1 is 0.933 bits per heavy atom. The van der Waals surface area contributed by atoms with Gasteiger partial charge in [0.1, 0.15) is 17.1 Å². The highest BCUT2D eigenvalue weighted by Gasteiger charge is 2.09. The molecule has 0 saturated heterocycles. The minimum absolute atomic E-state index is 0.164. The van der Waals surface area contributed by atoms with Crippen molar-refractivity contribution in [3.05, 3.63) is 103 Å². The summed E-state index contributed by atoms with van der Waals surface area (Å²) in [5, 5.41) is 3.87. The van der Waals surface area contributed by atoms with Gasteiger partial charge in [-0.05, 0) is 54.1 Å². The Labute approximate surface area is 172 Å². The van der Waals surface area contributed by atoms with Gasteiger partial charge in [-0.25, -0.2) is 4.98 Å². The Morgan fingerprint density at radius 3 is 2.83 bits per heavy atom. The molecule has 0 bridgehead atoms. The van der Waals surface area contributed by atoms with Crippen LogP contribution in [0.1, 0.15) is 15.9 Å². The van der Waals surface area contributed by atoms with Crippen molar-refractivity contribution in [1.29, 1.82) is 0 Å². The number of hydrogen-bond donors (Lipinski definition) is 1. The molecule has 0 aliphatic heterocycles. The van der Waals surface area contributed by atoms with Gasteiger partial charge in [-0.2, -0.15) is 0 Å². The van der Waals surface area contributed by atoms with Crippen molar-refractivity contribution in [1.82, 2.24) is 19.7 Å². The third-order valence-corrected chi connectivity index (χ3v) is 4.85. The first-order valence-corrected chi connectivity index (χ1v) is 9.58. The third-order valence-electron chi connectivity index (χ3n) is 4.85. The molecule has 0 atom stereocenters. The van der Waals surface area contributed by atoms with Crippen LogP contribution in [0.15, 0.2) is 91.5 Å². The number of carbonyl (C=O) groups excluding carboxylic acids is 1. The summed E-state index contributed by atoms with van der Waals surface area (Å²) in [4.78, 5) is 21.3. The van der Waals surface area contributed by atoms with Crippen LogP contribution in [-0.2, 0) is 6.54 Å². The lowest BCUT2D eigenvalue weighted by atomic mass is 10.2. The number of fused-ring (bicyclic) bond motifs is 2. The molecule has 0 aliphatic carbocycles. The maximum absolute atomic E-state index is 12.7. The number of imidazole rings is 1. The molecule has 3 aromatic heterocycles. The van der Waals surface area contributed by atoms with Gasteiger partial charge in [-0.3, -0.25) is 9.78 Å². The average molecular weight is 394 g/mol. The van der Waals surface area contributed by atoms with Crippen molar-refractivity contribution in [3.8, 4) is 11.5 Å². The van der Waals surface area contributed by atoms with E-state index in [-0.39, 0.29) is 5.91 Å². The van der Waals surface area contributed by atoms with Crippen LogP contribution in [0.5, 0.6) is 11.5 Å². The van der Waals surface area contributed by atoms with Crippen LogP contribution in [0, 0.1) is 0 Å².